The van der Waals surface area contributed by atoms with E-state index in [-0.39, 0.29) is 19.1 Å². The maximum Gasteiger partial charge on any atom is 0.411 e. The number of ether oxygens (including phenoxy) is 1. The summed E-state index contributed by atoms with van der Waals surface area (Å²) in [5.41, 5.74) is 1.58. The number of hydrogen-bond donors (Lipinski definition) is 2. The molecule has 30 heavy (non-hydrogen) atoms. The summed E-state index contributed by atoms with van der Waals surface area (Å²) >= 11 is 0. The van der Waals surface area contributed by atoms with Gasteiger partial charge in [0, 0.05) is 20.1 Å². The number of carbonyl (C=O) groups excluding carboxylic acids is 1. The Morgan fingerprint density at radius 2 is 1.77 bits per heavy atom. The molecule has 1 aliphatic rings. The highest BCUT2D eigenvalue weighted by Gasteiger charge is 2.27. The van der Waals surface area contributed by atoms with Gasteiger partial charge in [0.1, 0.15) is 6.61 Å². The van der Waals surface area contributed by atoms with Crippen LogP contribution in [0.15, 0.2) is 29.3 Å². The fourth-order valence-corrected chi connectivity index (χ4v) is 3.11. The molecule has 0 saturated heterocycles. The Morgan fingerprint density at radius 3 is 2.37 bits per heavy atom. The summed E-state index contributed by atoms with van der Waals surface area (Å²) in [6, 6.07) is 7.45. The second kappa shape index (κ2) is 11.8. The Hall–Kier alpha value is -2.29. The highest BCUT2D eigenvalue weighted by molar-refractivity contribution is 5.86. The highest BCUT2D eigenvalue weighted by atomic mass is 19.4. The van der Waals surface area contributed by atoms with Crippen LogP contribution in [0.1, 0.15) is 43.2 Å². The van der Waals surface area contributed by atoms with Crippen molar-refractivity contribution in [2.45, 2.75) is 57.5 Å². The first-order valence-corrected chi connectivity index (χ1v) is 10.2. The van der Waals surface area contributed by atoms with E-state index in [1.54, 1.807) is 26.2 Å². The second-order valence-electron chi connectivity index (χ2n) is 7.71. The van der Waals surface area contributed by atoms with Gasteiger partial charge in [-0.3, -0.25) is 4.79 Å². The summed E-state index contributed by atoms with van der Waals surface area (Å²) in [7, 11) is 3.41. The summed E-state index contributed by atoms with van der Waals surface area (Å²) in [6.45, 7) is -0.804. The summed E-state index contributed by atoms with van der Waals surface area (Å²) in [6.07, 6.45) is 1.44. The van der Waals surface area contributed by atoms with Crippen molar-refractivity contribution < 1.29 is 22.7 Å². The average Bonchev–Trinajstić information content (AvgIpc) is 2.70. The SMILES string of the molecule is CN(C)C(=O)CNC(=NCc1ccc(COCC(F)(F)F)cc1)NC1CCCCC1. The number of likely N-dealkylation sites (N-methyl/N-ethyl adjacent to an activating group) is 1. The third-order valence-corrected chi connectivity index (χ3v) is 4.83. The fraction of sp³-hybridized carbons (Fsp3) is 0.619. The molecule has 0 heterocycles. The predicted molar refractivity (Wildman–Crippen MR) is 110 cm³/mol. The molecule has 0 aliphatic heterocycles. The molecule has 168 valence electrons. The van der Waals surface area contributed by atoms with Crippen molar-refractivity contribution >= 4 is 11.9 Å². The Balaban J connectivity index is 1.92. The van der Waals surface area contributed by atoms with Crippen molar-refractivity contribution in [3.05, 3.63) is 35.4 Å². The van der Waals surface area contributed by atoms with Crippen molar-refractivity contribution in [1.82, 2.24) is 15.5 Å². The van der Waals surface area contributed by atoms with E-state index in [2.05, 4.69) is 20.4 Å². The number of nitrogens with zero attached hydrogens (tertiary/aromatic N) is 2. The van der Waals surface area contributed by atoms with Gasteiger partial charge in [0.2, 0.25) is 5.91 Å². The van der Waals surface area contributed by atoms with Crippen molar-refractivity contribution in [1.29, 1.82) is 0 Å². The van der Waals surface area contributed by atoms with Crippen molar-refractivity contribution in [3.8, 4) is 0 Å². The predicted octanol–water partition coefficient (Wildman–Crippen LogP) is 3.22. The lowest BCUT2D eigenvalue weighted by Gasteiger charge is -2.25. The van der Waals surface area contributed by atoms with Gasteiger partial charge in [0.25, 0.3) is 0 Å². The van der Waals surface area contributed by atoms with E-state index in [1.165, 1.54) is 24.2 Å². The lowest BCUT2D eigenvalue weighted by atomic mass is 9.96. The number of carbonyl (C=O) groups is 1. The van der Waals surface area contributed by atoms with E-state index in [0.717, 1.165) is 18.4 Å². The largest absolute Gasteiger partial charge is 0.411 e. The quantitative estimate of drug-likeness (QED) is 0.493. The van der Waals surface area contributed by atoms with Crippen LogP contribution in [0.25, 0.3) is 0 Å². The smallest absolute Gasteiger partial charge is 0.367 e. The number of rotatable bonds is 8. The Kier molecular flexibility index (Phi) is 9.42. The summed E-state index contributed by atoms with van der Waals surface area (Å²) in [4.78, 5) is 18.0. The molecule has 9 heteroatoms. The lowest BCUT2D eigenvalue weighted by Crippen LogP contribution is -2.47. The van der Waals surface area contributed by atoms with E-state index in [9.17, 15) is 18.0 Å². The molecule has 0 radical (unpaired) electrons. The van der Waals surface area contributed by atoms with Crippen LogP contribution in [-0.4, -0.2) is 56.2 Å². The first-order valence-electron chi connectivity index (χ1n) is 10.2. The van der Waals surface area contributed by atoms with Crippen LogP contribution in [0.5, 0.6) is 0 Å². The van der Waals surface area contributed by atoms with E-state index in [1.807, 2.05) is 12.1 Å². The zero-order chi connectivity index (χ0) is 22.0. The molecule has 1 aromatic carbocycles. The maximum absolute atomic E-state index is 12.1. The number of halogens is 3. The first-order chi connectivity index (χ1) is 14.2. The minimum absolute atomic E-state index is 0.0450. The Morgan fingerprint density at radius 1 is 1.13 bits per heavy atom. The molecular weight excluding hydrogens is 397 g/mol. The topological polar surface area (TPSA) is 66.0 Å². The minimum atomic E-state index is -4.32. The molecule has 1 saturated carbocycles. The number of hydrogen-bond acceptors (Lipinski definition) is 3. The average molecular weight is 428 g/mol. The van der Waals surface area contributed by atoms with E-state index < -0.39 is 12.8 Å². The number of guanidine groups is 1. The van der Waals surface area contributed by atoms with Gasteiger partial charge in [-0.15, -0.1) is 0 Å². The molecule has 6 nitrogen and oxygen atoms in total. The molecule has 0 atom stereocenters. The minimum Gasteiger partial charge on any atom is -0.367 e. The molecule has 1 aromatic rings. The monoisotopic (exact) mass is 428 g/mol. The molecule has 2 N–H and O–H groups in total. The number of benzene rings is 1. The van der Waals surface area contributed by atoms with Crippen molar-refractivity contribution in [3.63, 3.8) is 0 Å². The van der Waals surface area contributed by atoms with Gasteiger partial charge < -0.3 is 20.3 Å². The van der Waals surface area contributed by atoms with Gasteiger partial charge in [-0.05, 0) is 24.0 Å². The molecule has 0 spiro atoms. The standard InChI is InChI=1S/C21H31F3N4O2/c1-28(2)19(29)13-26-20(27-18-6-4-3-5-7-18)25-12-16-8-10-17(11-9-16)14-30-15-21(22,23)24/h8-11,18H,3-7,12-15H2,1-2H3,(H2,25,26,27). The van der Waals surface area contributed by atoms with Crippen molar-refractivity contribution in [2.75, 3.05) is 27.2 Å². The number of aliphatic imine (C=N–C) groups is 1. The van der Waals surface area contributed by atoms with Crippen LogP contribution in [0.2, 0.25) is 0 Å². The Labute approximate surface area is 175 Å². The summed E-state index contributed by atoms with van der Waals surface area (Å²) in [5, 5.41) is 6.51. The molecule has 1 fully saturated rings. The third kappa shape index (κ3) is 9.47. The lowest BCUT2D eigenvalue weighted by molar-refractivity contribution is -0.176. The number of amides is 1. The van der Waals surface area contributed by atoms with Crippen LogP contribution in [0.4, 0.5) is 13.2 Å². The van der Waals surface area contributed by atoms with Gasteiger partial charge >= 0.3 is 6.18 Å². The summed E-state index contributed by atoms with van der Waals surface area (Å²) in [5.74, 6) is 0.547. The first kappa shape index (κ1) is 24.0. The molecule has 2 rings (SSSR count). The van der Waals surface area contributed by atoms with E-state index in [0.29, 0.717) is 24.1 Å². The van der Waals surface area contributed by atoms with Crippen LogP contribution in [0, 0.1) is 0 Å². The van der Waals surface area contributed by atoms with E-state index in [4.69, 9.17) is 0 Å². The van der Waals surface area contributed by atoms with Crippen LogP contribution < -0.4 is 10.6 Å². The summed E-state index contributed by atoms with van der Waals surface area (Å²) < 4.78 is 41.1. The molecule has 0 bridgehead atoms. The third-order valence-electron chi connectivity index (χ3n) is 4.83. The Bertz CT molecular complexity index is 684. The van der Waals surface area contributed by atoms with Crippen LogP contribution >= 0.6 is 0 Å². The zero-order valence-electron chi connectivity index (χ0n) is 17.6. The zero-order valence-corrected chi connectivity index (χ0v) is 17.6. The maximum atomic E-state index is 12.1. The normalized spacial score (nSPS) is 15.7. The van der Waals surface area contributed by atoms with Crippen LogP contribution in [0.3, 0.4) is 0 Å². The second-order valence-corrected chi connectivity index (χ2v) is 7.71. The molecule has 1 amide bonds. The van der Waals surface area contributed by atoms with Crippen molar-refractivity contribution in [2.24, 2.45) is 4.99 Å². The van der Waals surface area contributed by atoms with Gasteiger partial charge in [-0.25, -0.2) is 4.99 Å². The molecule has 0 unspecified atom stereocenters. The van der Waals surface area contributed by atoms with Gasteiger partial charge in [-0.2, -0.15) is 13.2 Å². The number of nitrogens with one attached hydrogen (secondary N) is 2. The molecule has 1 aliphatic carbocycles. The van der Waals surface area contributed by atoms with Crippen LogP contribution in [-0.2, 0) is 22.7 Å². The van der Waals surface area contributed by atoms with Gasteiger partial charge in [0.15, 0.2) is 5.96 Å². The van der Waals surface area contributed by atoms with Gasteiger partial charge in [0.05, 0.1) is 19.7 Å². The fourth-order valence-electron chi connectivity index (χ4n) is 3.11. The van der Waals surface area contributed by atoms with E-state index >= 15 is 0 Å². The van der Waals surface area contributed by atoms with Gasteiger partial charge in [-0.1, -0.05) is 43.5 Å². The number of alkyl halides is 3. The molecular formula is C21H31F3N4O2. The highest BCUT2D eigenvalue weighted by Crippen LogP contribution is 2.18. The molecule has 0 aromatic heterocycles.